The van der Waals surface area contributed by atoms with Crippen LogP contribution in [0.15, 0.2) is 0 Å². The molecule has 0 spiro atoms. The van der Waals surface area contributed by atoms with Crippen LogP contribution in [0.1, 0.15) is 0 Å². The van der Waals surface area contributed by atoms with Crippen molar-refractivity contribution in [2.75, 3.05) is 19.0 Å². The number of thiol groups is 1. The zero-order valence-electron chi connectivity index (χ0n) is 7.04. The normalized spacial score (nSPS) is 40.6. The Bertz CT molecular complexity index is 154. The molecular weight excluding hydrogens is 196 g/mol. The van der Waals surface area contributed by atoms with Gasteiger partial charge in [-0.3, -0.25) is 0 Å². The Hall–Kier alpha value is 0.150. The second-order valence-corrected chi connectivity index (χ2v) is 3.29. The maximum absolute atomic E-state index is 9.35. The minimum atomic E-state index is -1.21. The van der Waals surface area contributed by atoms with Gasteiger partial charge in [0.2, 0.25) is 0 Å². The fourth-order valence-electron chi connectivity index (χ4n) is 1.09. The summed E-state index contributed by atoms with van der Waals surface area (Å²) in [5, 5.41) is 27.7. The van der Waals surface area contributed by atoms with E-state index in [0.29, 0.717) is 12.4 Å². The van der Waals surface area contributed by atoms with Crippen LogP contribution in [0.3, 0.4) is 0 Å². The van der Waals surface area contributed by atoms with Crippen molar-refractivity contribution in [2.24, 2.45) is 0 Å². The first-order chi connectivity index (χ1) is 6.16. The highest BCUT2D eigenvalue weighted by Crippen LogP contribution is 2.16. The molecule has 1 aliphatic heterocycles. The van der Waals surface area contributed by atoms with E-state index < -0.39 is 24.6 Å². The number of ether oxygens (including phenoxy) is 2. The summed E-state index contributed by atoms with van der Waals surface area (Å²) in [4.78, 5) is 0. The van der Waals surface area contributed by atoms with Crippen molar-refractivity contribution in [2.45, 2.75) is 24.6 Å². The van der Waals surface area contributed by atoms with Gasteiger partial charge in [-0.05, 0) is 0 Å². The van der Waals surface area contributed by atoms with Gasteiger partial charge in [0.05, 0.1) is 13.2 Å². The molecule has 3 N–H and O–H groups in total. The Balaban J connectivity index is 2.39. The van der Waals surface area contributed by atoms with Crippen molar-refractivity contribution >= 4 is 12.6 Å². The molecule has 1 aliphatic rings. The van der Waals surface area contributed by atoms with Crippen LogP contribution in [0.2, 0.25) is 0 Å². The molecule has 0 amide bonds. The van der Waals surface area contributed by atoms with Gasteiger partial charge in [0.25, 0.3) is 0 Å². The summed E-state index contributed by atoms with van der Waals surface area (Å²) in [5.41, 5.74) is 0. The zero-order chi connectivity index (χ0) is 9.84. The first-order valence-electron chi connectivity index (χ1n) is 4.05. The quantitative estimate of drug-likeness (QED) is 0.421. The van der Waals surface area contributed by atoms with Gasteiger partial charge in [-0.25, -0.2) is 0 Å². The summed E-state index contributed by atoms with van der Waals surface area (Å²) in [6, 6.07) is 0. The van der Waals surface area contributed by atoms with E-state index in [9.17, 15) is 10.2 Å². The Kier molecular flexibility index (Phi) is 4.43. The van der Waals surface area contributed by atoms with Crippen molar-refractivity contribution in [1.82, 2.24) is 0 Å². The molecule has 0 aromatic heterocycles. The average molecular weight is 210 g/mol. The molecule has 2 unspecified atom stereocenters. The predicted octanol–water partition coefficient (Wildman–Crippen LogP) is -1.63. The Labute approximate surface area is 81.7 Å². The number of aliphatic hydroxyl groups is 3. The summed E-state index contributed by atoms with van der Waals surface area (Å²) in [5.74, 6) is 0.505. The van der Waals surface area contributed by atoms with Crippen LogP contribution in [0.25, 0.3) is 0 Å². The first-order valence-corrected chi connectivity index (χ1v) is 4.68. The first kappa shape index (κ1) is 11.2. The molecule has 0 aromatic rings. The molecule has 4 atom stereocenters. The lowest BCUT2D eigenvalue weighted by atomic mass is 10.1. The maximum Gasteiger partial charge on any atom is 0.186 e. The van der Waals surface area contributed by atoms with Crippen molar-refractivity contribution in [1.29, 1.82) is 0 Å². The molecule has 0 saturated carbocycles. The Morgan fingerprint density at radius 1 is 1.31 bits per heavy atom. The van der Waals surface area contributed by atoms with Gasteiger partial charge in [-0.2, -0.15) is 12.6 Å². The summed E-state index contributed by atoms with van der Waals surface area (Å²) in [6.45, 7) is 0.295. The SMILES string of the molecule is OC1CO[C@H](OCCS)C(O)[C@H]1O. The lowest BCUT2D eigenvalue weighted by Crippen LogP contribution is -2.53. The van der Waals surface area contributed by atoms with Crippen LogP contribution >= 0.6 is 12.6 Å². The van der Waals surface area contributed by atoms with Gasteiger partial charge in [-0.1, -0.05) is 0 Å². The molecule has 0 radical (unpaired) electrons. The molecule has 13 heavy (non-hydrogen) atoms. The average Bonchev–Trinajstić information content (AvgIpc) is 2.13. The van der Waals surface area contributed by atoms with Crippen molar-refractivity contribution in [3.05, 3.63) is 0 Å². The second kappa shape index (κ2) is 5.14. The second-order valence-electron chi connectivity index (χ2n) is 2.84. The fraction of sp³-hybridized carbons (Fsp3) is 1.00. The lowest BCUT2D eigenvalue weighted by Gasteiger charge is -2.34. The van der Waals surface area contributed by atoms with Crippen LogP contribution in [-0.2, 0) is 9.47 Å². The van der Waals surface area contributed by atoms with E-state index in [1.54, 1.807) is 0 Å². The molecule has 1 heterocycles. The highest BCUT2D eigenvalue weighted by molar-refractivity contribution is 7.80. The van der Waals surface area contributed by atoms with Crippen molar-refractivity contribution in [3.63, 3.8) is 0 Å². The summed E-state index contributed by atoms with van der Waals surface area (Å²) in [6.07, 6.45) is -4.33. The van der Waals surface area contributed by atoms with Crippen LogP contribution in [-0.4, -0.2) is 58.9 Å². The van der Waals surface area contributed by atoms with E-state index in [1.807, 2.05) is 0 Å². The highest BCUT2D eigenvalue weighted by Gasteiger charge is 2.37. The van der Waals surface area contributed by atoms with Gasteiger partial charge in [0.1, 0.15) is 18.3 Å². The number of hydrogen-bond donors (Lipinski definition) is 4. The van der Waals surface area contributed by atoms with Gasteiger partial charge >= 0.3 is 0 Å². The fourth-order valence-corrected chi connectivity index (χ4v) is 1.20. The van der Waals surface area contributed by atoms with Crippen molar-refractivity contribution < 1.29 is 24.8 Å². The number of hydrogen-bond acceptors (Lipinski definition) is 6. The third-order valence-corrected chi connectivity index (χ3v) is 2.01. The zero-order valence-corrected chi connectivity index (χ0v) is 7.93. The molecule has 0 bridgehead atoms. The third kappa shape index (κ3) is 2.80. The van der Waals surface area contributed by atoms with Gasteiger partial charge < -0.3 is 24.8 Å². The minimum absolute atomic E-state index is 0.0323. The molecular formula is C7H14O5S. The van der Waals surface area contributed by atoms with E-state index in [-0.39, 0.29) is 6.61 Å². The summed E-state index contributed by atoms with van der Waals surface area (Å²) in [7, 11) is 0. The van der Waals surface area contributed by atoms with Gasteiger partial charge in [-0.15, -0.1) is 0 Å². The van der Waals surface area contributed by atoms with Gasteiger partial charge in [0, 0.05) is 5.75 Å². The maximum atomic E-state index is 9.35. The monoisotopic (exact) mass is 210 g/mol. The van der Waals surface area contributed by atoms with E-state index >= 15 is 0 Å². The summed E-state index contributed by atoms with van der Waals surface area (Å²) < 4.78 is 10.0. The van der Waals surface area contributed by atoms with Crippen LogP contribution in [0.5, 0.6) is 0 Å². The number of rotatable bonds is 3. The van der Waals surface area contributed by atoms with Gasteiger partial charge in [0.15, 0.2) is 6.29 Å². The molecule has 1 fully saturated rings. The molecule has 0 aromatic carbocycles. The molecule has 6 heteroatoms. The van der Waals surface area contributed by atoms with E-state index in [0.717, 1.165) is 0 Å². The van der Waals surface area contributed by atoms with Crippen LogP contribution in [0, 0.1) is 0 Å². The molecule has 1 rings (SSSR count). The van der Waals surface area contributed by atoms with E-state index in [4.69, 9.17) is 14.6 Å². The van der Waals surface area contributed by atoms with E-state index in [2.05, 4.69) is 12.6 Å². The topological polar surface area (TPSA) is 79.2 Å². The molecule has 0 aliphatic carbocycles. The minimum Gasteiger partial charge on any atom is -0.388 e. The highest BCUT2D eigenvalue weighted by atomic mass is 32.1. The largest absolute Gasteiger partial charge is 0.388 e. The van der Waals surface area contributed by atoms with Crippen LogP contribution < -0.4 is 0 Å². The molecule has 78 valence electrons. The summed E-state index contributed by atoms with van der Waals surface area (Å²) >= 11 is 3.92. The molecule has 1 saturated heterocycles. The standard InChI is InChI=1S/C7H14O5S/c8-4-3-12-7(11-1-2-13)6(10)5(4)9/h4-10,13H,1-3H2/t4?,5-,6?,7-/m0/s1. The Morgan fingerprint density at radius 2 is 2.00 bits per heavy atom. The van der Waals surface area contributed by atoms with Crippen LogP contribution in [0.4, 0.5) is 0 Å². The predicted molar refractivity (Wildman–Crippen MR) is 47.6 cm³/mol. The smallest absolute Gasteiger partial charge is 0.186 e. The lowest BCUT2D eigenvalue weighted by molar-refractivity contribution is -0.268. The Morgan fingerprint density at radius 3 is 2.62 bits per heavy atom. The van der Waals surface area contributed by atoms with Crippen molar-refractivity contribution in [3.8, 4) is 0 Å². The third-order valence-electron chi connectivity index (χ3n) is 1.83. The number of aliphatic hydroxyl groups excluding tert-OH is 3. The molecule has 5 nitrogen and oxygen atoms in total. The van der Waals surface area contributed by atoms with E-state index in [1.165, 1.54) is 0 Å².